The van der Waals surface area contributed by atoms with Crippen LogP contribution >= 0.6 is 11.8 Å². The lowest BCUT2D eigenvalue weighted by Gasteiger charge is -2.37. The molecule has 0 N–H and O–H groups in total. The van der Waals surface area contributed by atoms with E-state index in [0.717, 1.165) is 55.4 Å². The van der Waals surface area contributed by atoms with Crippen LogP contribution in [0.1, 0.15) is 5.56 Å². The van der Waals surface area contributed by atoms with Crippen LogP contribution in [0.4, 0.5) is 5.69 Å². The fourth-order valence-electron chi connectivity index (χ4n) is 2.62. The molecule has 1 heterocycles. The molecule has 0 saturated carbocycles. The zero-order valence-electron chi connectivity index (χ0n) is 13.2. The quantitative estimate of drug-likeness (QED) is 0.777. The Bertz CT molecular complexity index is 501. The van der Waals surface area contributed by atoms with E-state index in [1.807, 2.05) is 12.3 Å². The van der Waals surface area contributed by atoms with Crippen LogP contribution in [0.3, 0.4) is 0 Å². The Labute approximate surface area is 132 Å². The summed E-state index contributed by atoms with van der Waals surface area (Å²) in [5.41, 5.74) is 1.92. The maximum atomic E-state index is 9.45. The second-order valence-electron chi connectivity index (χ2n) is 5.60. The molecule has 2 rings (SSSR count). The van der Waals surface area contributed by atoms with Gasteiger partial charge in [0, 0.05) is 44.2 Å². The van der Waals surface area contributed by atoms with Crippen LogP contribution in [0.5, 0.6) is 0 Å². The van der Waals surface area contributed by atoms with Crippen molar-refractivity contribution in [1.82, 2.24) is 9.80 Å². The average Bonchev–Trinajstić information content (AvgIpc) is 2.52. The van der Waals surface area contributed by atoms with E-state index in [-0.39, 0.29) is 0 Å². The van der Waals surface area contributed by atoms with Crippen molar-refractivity contribution >= 4 is 17.4 Å². The van der Waals surface area contributed by atoms with Gasteiger partial charge in [0.15, 0.2) is 0 Å². The SMILES string of the molecule is CSc1cccc(N2CCN(CCN(C)C)CC2)c1C#N. The number of piperazine rings is 1. The molecule has 0 amide bonds. The molecule has 0 spiro atoms. The smallest absolute Gasteiger partial charge is 0.103 e. The second kappa shape index (κ2) is 7.69. The Hall–Kier alpha value is -1.22. The summed E-state index contributed by atoms with van der Waals surface area (Å²) < 4.78 is 0. The lowest BCUT2D eigenvalue weighted by molar-refractivity contribution is 0.229. The normalized spacial score (nSPS) is 16.2. The number of nitrogens with zero attached hydrogens (tertiary/aromatic N) is 4. The number of rotatable bonds is 5. The largest absolute Gasteiger partial charge is 0.368 e. The summed E-state index contributed by atoms with van der Waals surface area (Å²) in [5.74, 6) is 0. The first-order chi connectivity index (χ1) is 10.2. The van der Waals surface area contributed by atoms with Crippen LogP contribution in [0.25, 0.3) is 0 Å². The van der Waals surface area contributed by atoms with Crippen LogP contribution in [0.15, 0.2) is 23.1 Å². The van der Waals surface area contributed by atoms with Crippen molar-refractivity contribution in [3.63, 3.8) is 0 Å². The molecule has 1 aromatic carbocycles. The molecule has 1 aliphatic heterocycles. The minimum atomic E-state index is 0.826. The summed E-state index contributed by atoms with van der Waals surface area (Å²) in [5, 5.41) is 9.45. The first kappa shape index (κ1) is 16.2. The van der Waals surface area contributed by atoms with E-state index in [4.69, 9.17) is 0 Å². The number of hydrogen-bond donors (Lipinski definition) is 0. The second-order valence-corrected chi connectivity index (χ2v) is 6.45. The van der Waals surface area contributed by atoms with Gasteiger partial charge in [-0.2, -0.15) is 5.26 Å². The summed E-state index contributed by atoms with van der Waals surface area (Å²) in [6.07, 6.45) is 2.03. The van der Waals surface area contributed by atoms with Gasteiger partial charge >= 0.3 is 0 Å². The molecule has 21 heavy (non-hydrogen) atoms. The van der Waals surface area contributed by atoms with Crippen LogP contribution < -0.4 is 4.90 Å². The highest BCUT2D eigenvalue weighted by Crippen LogP contribution is 2.29. The number of thioether (sulfide) groups is 1. The predicted octanol–water partition coefficient (Wildman–Crippen LogP) is 1.96. The highest BCUT2D eigenvalue weighted by molar-refractivity contribution is 7.98. The van der Waals surface area contributed by atoms with E-state index in [0.29, 0.717) is 0 Å². The zero-order chi connectivity index (χ0) is 15.2. The molecule has 114 valence electrons. The molecule has 0 aliphatic carbocycles. The lowest BCUT2D eigenvalue weighted by atomic mass is 10.1. The van der Waals surface area contributed by atoms with Crippen molar-refractivity contribution in [3.05, 3.63) is 23.8 Å². The minimum absolute atomic E-state index is 0.826. The van der Waals surface area contributed by atoms with Gasteiger partial charge in [0.1, 0.15) is 6.07 Å². The molecule has 0 radical (unpaired) electrons. The molecule has 1 fully saturated rings. The first-order valence-corrected chi connectivity index (χ1v) is 8.57. The average molecular weight is 304 g/mol. The van der Waals surface area contributed by atoms with Crippen molar-refractivity contribution in [3.8, 4) is 6.07 Å². The summed E-state index contributed by atoms with van der Waals surface area (Å²) in [6, 6.07) is 8.54. The highest BCUT2D eigenvalue weighted by Gasteiger charge is 2.20. The Morgan fingerprint density at radius 1 is 1.24 bits per heavy atom. The van der Waals surface area contributed by atoms with E-state index >= 15 is 0 Å². The van der Waals surface area contributed by atoms with Crippen molar-refractivity contribution < 1.29 is 0 Å². The van der Waals surface area contributed by atoms with Gasteiger partial charge in [-0.1, -0.05) is 6.07 Å². The van der Waals surface area contributed by atoms with Gasteiger partial charge in [0.2, 0.25) is 0 Å². The molecule has 5 heteroatoms. The van der Waals surface area contributed by atoms with Crippen molar-refractivity contribution in [2.45, 2.75) is 4.90 Å². The van der Waals surface area contributed by atoms with Crippen molar-refractivity contribution in [2.75, 3.05) is 64.5 Å². The molecule has 1 aliphatic rings. The van der Waals surface area contributed by atoms with E-state index in [1.54, 1.807) is 11.8 Å². The van der Waals surface area contributed by atoms with E-state index < -0.39 is 0 Å². The fourth-order valence-corrected chi connectivity index (χ4v) is 3.19. The number of likely N-dealkylation sites (N-methyl/N-ethyl adjacent to an activating group) is 1. The van der Waals surface area contributed by atoms with Gasteiger partial charge in [0.25, 0.3) is 0 Å². The van der Waals surface area contributed by atoms with Crippen LogP contribution in [0.2, 0.25) is 0 Å². The maximum Gasteiger partial charge on any atom is 0.103 e. The molecule has 0 aromatic heterocycles. The maximum absolute atomic E-state index is 9.45. The van der Waals surface area contributed by atoms with Gasteiger partial charge in [-0.3, -0.25) is 4.90 Å². The zero-order valence-corrected chi connectivity index (χ0v) is 14.0. The minimum Gasteiger partial charge on any atom is -0.368 e. The highest BCUT2D eigenvalue weighted by atomic mass is 32.2. The van der Waals surface area contributed by atoms with Gasteiger partial charge in [-0.25, -0.2) is 0 Å². The van der Waals surface area contributed by atoms with Crippen LogP contribution in [-0.2, 0) is 0 Å². The third-order valence-corrected chi connectivity index (χ3v) is 4.69. The standard InChI is InChI=1S/C16H24N4S/c1-18(2)7-8-19-9-11-20(12-10-19)15-5-4-6-16(21-3)14(15)13-17/h4-6H,7-12H2,1-3H3. The molecule has 1 saturated heterocycles. The molecular weight excluding hydrogens is 280 g/mol. The summed E-state index contributed by atoms with van der Waals surface area (Å²) in [7, 11) is 4.23. The van der Waals surface area contributed by atoms with E-state index in [9.17, 15) is 5.26 Å². The Morgan fingerprint density at radius 2 is 1.95 bits per heavy atom. The van der Waals surface area contributed by atoms with Crippen molar-refractivity contribution in [2.24, 2.45) is 0 Å². The van der Waals surface area contributed by atoms with Crippen LogP contribution in [-0.4, -0.2) is 69.4 Å². The number of anilines is 1. The molecule has 0 atom stereocenters. The first-order valence-electron chi connectivity index (χ1n) is 7.35. The Balaban J connectivity index is 2.01. The number of hydrogen-bond acceptors (Lipinski definition) is 5. The van der Waals surface area contributed by atoms with E-state index in [1.165, 1.54) is 0 Å². The fraction of sp³-hybridized carbons (Fsp3) is 0.562. The summed E-state index contributed by atoms with van der Waals surface area (Å²) >= 11 is 1.64. The molecule has 1 aromatic rings. The summed E-state index contributed by atoms with van der Waals surface area (Å²) in [4.78, 5) is 8.15. The van der Waals surface area contributed by atoms with Gasteiger partial charge < -0.3 is 9.80 Å². The van der Waals surface area contributed by atoms with E-state index in [2.05, 4.69) is 47.0 Å². The van der Waals surface area contributed by atoms with Crippen LogP contribution in [0, 0.1) is 11.3 Å². The van der Waals surface area contributed by atoms with Gasteiger partial charge in [0.05, 0.1) is 11.3 Å². The molecular formula is C16H24N4S. The Kier molecular flexibility index (Phi) is 5.92. The van der Waals surface area contributed by atoms with Crippen molar-refractivity contribution in [1.29, 1.82) is 5.26 Å². The third-order valence-electron chi connectivity index (χ3n) is 3.91. The van der Waals surface area contributed by atoms with Gasteiger partial charge in [-0.05, 0) is 32.5 Å². The van der Waals surface area contributed by atoms with Gasteiger partial charge in [-0.15, -0.1) is 11.8 Å². The summed E-state index contributed by atoms with van der Waals surface area (Å²) in [6.45, 7) is 6.37. The third kappa shape index (κ3) is 4.13. The topological polar surface area (TPSA) is 33.5 Å². The number of benzene rings is 1. The number of nitriles is 1. The molecule has 0 bridgehead atoms. The lowest BCUT2D eigenvalue weighted by Crippen LogP contribution is -2.48. The molecule has 4 nitrogen and oxygen atoms in total. The monoisotopic (exact) mass is 304 g/mol. The Morgan fingerprint density at radius 3 is 2.52 bits per heavy atom. The predicted molar refractivity (Wildman–Crippen MR) is 90.1 cm³/mol. The molecule has 0 unspecified atom stereocenters.